The second-order valence-corrected chi connectivity index (χ2v) is 13.0. The Morgan fingerprint density at radius 2 is 0.857 bits per heavy atom. The highest BCUT2D eigenvalue weighted by atomic mass is 16.3. The molecule has 42 heavy (non-hydrogen) atoms. The monoisotopic (exact) mass is 600 g/mol. The first-order valence-corrected chi connectivity index (χ1v) is 18.4. The third-order valence-corrected chi connectivity index (χ3v) is 8.92. The zero-order valence-corrected chi connectivity index (χ0v) is 27.8. The molecule has 1 unspecified atom stereocenters. The largest absolute Gasteiger partial charge is 0.396 e. The molecule has 6 nitrogen and oxygen atoms in total. The summed E-state index contributed by atoms with van der Waals surface area (Å²) in [7, 11) is 0. The van der Waals surface area contributed by atoms with Gasteiger partial charge in [0.1, 0.15) is 6.10 Å². The Morgan fingerprint density at radius 3 is 1.24 bits per heavy atom. The first kappa shape index (κ1) is 41.5. The van der Waals surface area contributed by atoms with E-state index in [1.165, 1.54) is 122 Å². The topological polar surface area (TPSA) is 124 Å². The molecule has 0 aromatic rings. The summed E-state index contributed by atoms with van der Waals surface area (Å²) in [5, 5.41) is 39.9. The van der Waals surface area contributed by atoms with Crippen LogP contribution in [-0.2, 0) is 4.79 Å². The predicted octanol–water partition coefficient (Wildman–Crippen LogP) is 8.29. The van der Waals surface area contributed by atoms with Crippen molar-refractivity contribution in [2.24, 2.45) is 5.73 Å². The fraction of sp³-hybridized carbons (Fsp3) is 0.972. The van der Waals surface area contributed by atoms with Gasteiger partial charge in [0.05, 0.1) is 18.2 Å². The Morgan fingerprint density at radius 1 is 0.524 bits per heavy atom. The number of hydrogen-bond donors (Lipinski definition) is 5. The maximum Gasteiger partial charge on any atom is 0.162 e. The van der Waals surface area contributed by atoms with Crippen molar-refractivity contribution in [3.05, 3.63) is 0 Å². The van der Waals surface area contributed by atoms with Gasteiger partial charge in [-0.25, -0.2) is 0 Å². The summed E-state index contributed by atoms with van der Waals surface area (Å²) in [4.78, 5) is 12.4. The highest BCUT2D eigenvalue weighted by Gasteiger charge is 2.32. The molecule has 0 saturated carbocycles. The van der Waals surface area contributed by atoms with E-state index in [1.54, 1.807) is 0 Å². The van der Waals surface area contributed by atoms with Gasteiger partial charge < -0.3 is 26.2 Å². The van der Waals surface area contributed by atoms with E-state index in [2.05, 4.69) is 6.92 Å². The molecule has 0 amide bonds. The van der Waals surface area contributed by atoms with Gasteiger partial charge in [-0.1, -0.05) is 167 Å². The maximum atomic E-state index is 12.4. The number of carbonyl (C=O) groups is 1. The van der Waals surface area contributed by atoms with Crippen LogP contribution in [0.25, 0.3) is 0 Å². The first-order chi connectivity index (χ1) is 20.5. The summed E-state index contributed by atoms with van der Waals surface area (Å²) in [5.74, 6) is -0.326. The van der Waals surface area contributed by atoms with Crippen LogP contribution < -0.4 is 5.73 Å². The number of rotatable bonds is 34. The van der Waals surface area contributed by atoms with Gasteiger partial charge in [0.2, 0.25) is 0 Å². The Kier molecular flexibility index (Phi) is 31.5. The number of aliphatic hydroxyl groups excluding tert-OH is 4. The third kappa shape index (κ3) is 25.9. The highest BCUT2D eigenvalue weighted by molar-refractivity contribution is 5.83. The van der Waals surface area contributed by atoms with Gasteiger partial charge in [0.25, 0.3) is 0 Å². The average molecular weight is 600 g/mol. The van der Waals surface area contributed by atoms with Gasteiger partial charge >= 0.3 is 0 Å². The Bertz CT molecular complexity index is 561. The number of unbranched alkanes of at least 4 members (excludes halogenated alkanes) is 25. The fourth-order valence-corrected chi connectivity index (χ4v) is 5.88. The zero-order valence-electron chi connectivity index (χ0n) is 27.8. The van der Waals surface area contributed by atoms with Crippen LogP contribution in [0.4, 0.5) is 0 Å². The summed E-state index contributed by atoms with van der Waals surface area (Å²) in [5.41, 5.74) is 5.97. The SMILES string of the molecule is CCCCCCCCCCCCCC[C@@H](O)[C@@H](O)[C@@H](N)C(O)C(=O)CCCCCCCCCCCCCCCCCO. The predicted molar refractivity (Wildman–Crippen MR) is 178 cm³/mol. The molecule has 0 fully saturated rings. The van der Waals surface area contributed by atoms with E-state index in [-0.39, 0.29) is 12.2 Å². The van der Waals surface area contributed by atoms with Crippen molar-refractivity contribution in [1.29, 1.82) is 0 Å². The number of aliphatic hydroxyl groups is 4. The Balaban J connectivity index is 3.66. The van der Waals surface area contributed by atoms with E-state index < -0.39 is 24.4 Å². The van der Waals surface area contributed by atoms with Gasteiger partial charge in [-0.15, -0.1) is 0 Å². The number of hydrogen-bond acceptors (Lipinski definition) is 6. The maximum absolute atomic E-state index is 12.4. The van der Waals surface area contributed by atoms with Crippen molar-refractivity contribution in [1.82, 2.24) is 0 Å². The molecule has 0 bridgehead atoms. The van der Waals surface area contributed by atoms with Crippen molar-refractivity contribution < 1.29 is 25.2 Å². The summed E-state index contributed by atoms with van der Waals surface area (Å²) in [6.45, 7) is 2.57. The standard InChI is InChI=1S/C36H73NO5/c1-2-3-4-5-6-7-8-14-17-20-23-26-29-32(39)35(41)34(37)36(42)33(40)30-27-24-21-18-15-12-10-9-11-13-16-19-22-25-28-31-38/h32,34-36,38-39,41-42H,2-31,37H2,1H3/t32-,34-,35-,36?/m1/s1. The van der Waals surface area contributed by atoms with Gasteiger partial charge in [0.15, 0.2) is 5.78 Å². The molecule has 0 aliphatic heterocycles. The van der Waals surface area contributed by atoms with E-state index in [1.807, 2.05) is 0 Å². The van der Waals surface area contributed by atoms with Crippen LogP contribution in [0, 0.1) is 0 Å². The third-order valence-electron chi connectivity index (χ3n) is 8.92. The molecule has 0 aromatic heterocycles. The molecular formula is C36H73NO5. The number of carbonyl (C=O) groups excluding carboxylic acids is 1. The van der Waals surface area contributed by atoms with Crippen LogP contribution in [0.1, 0.15) is 193 Å². The summed E-state index contributed by atoms with van der Waals surface area (Å²) >= 11 is 0. The van der Waals surface area contributed by atoms with Crippen LogP contribution in [0.2, 0.25) is 0 Å². The van der Waals surface area contributed by atoms with Crippen LogP contribution in [-0.4, -0.2) is 57.2 Å². The quantitative estimate of drug-likeness (QED) is 0.0474. The smallest absolute Gasteiger partial charge is 0.162 e. The van der Waals surface area contributed by atoms with E-state index >= 15 is 0 Å². The lowest BCUT2D eigenvalue weighted by Gasteiger charge is -2.27. The second kappa shape index (κ2) is 31.9. The minimum Gasteiger partial charge on any atom is -0.396 e. The molecule has 0 rings (SSSR count). The zero-order chi connectivity index (χ0) is 31.1. The molecule has 6 heteroatoms. The lowest BCUT2D eigenvalue weighted by molar-refractivity contribution is -0.131. The van der Waals surface area contributed by atoms with Crippen molar-refractivity contribution in [2.75, 3.05) is 6.61 Å². The minimum absolute atomic E-state index is 0.274. The molecular weight excluding hydrogens is 526 g/mol. The van der Waals surface area contributed by atoms with E-state index in [0.717, 1.165) is 51.4 Å². The van der Waals surface area contributed by atoms with E-state index in [4.69, 9.17) is 10.8 Å². The molecule has 0 aliphatic carbocycles. The molecule has 0 saturated heterocycles. The summed E-state index contributed by atoms with van der Waals surface area (Å²) in [6, 6.07) is -1.14. The van der Waals surface area contributed by atoms with E-state index in [9.17, 15) is 20.1 Å². The molecule has 6 N–H and O–H groups in total. The van der Waals surface area contributed by atoms with Gasteiger partial charge in [-0.3, -0.25) is 4.79 Å². The number of ketones is 1. The Hall–Kier alpha value is -0.530. The Labute approximate surface area is 260 Å². The van der Waals surface area contributed by atoms with Gasteiger partial charge in [0, 0.05) is 13.0 Å². The minimum atomic E-state index is -1.42. The first-order valence-electron chi connectivity index (χ1n) is 18.4. The van der Waals surface area contributed by atoms with Crippen molar-refractivity contribution >= 4 is 5.78 Å². The van der Waals surface area contributed by atoms with Crippen molar-refractivity contribution in [2.45, 2.75) is 217 Å². The molecule has 0 aromatic carbocycles. The van der Waals surface area contributed by atoms with Crippen LogP contribution in [0.3, 0.4) is 0 Å². The molecule has 252 valence electrons. The van der Waals surface area contributed by atoms with Crippen LogP contribution in [0.15, 0.2) is 0 Å². The van der Waals surface area contributed by atoms with Gasteiger partial charge in [-0.2, -0.15) is 0 Å². The molecule has 4 atom stereocenters. The van der Waals surface area contributed by atoms with E-state index in [0.29, 0.717) is 13.0 Å². The molecule has 0 heterocycles. The van der Waals surface area contributed by atoms with Crippen molar-refractivity contribution in [3.8, 4) is 0 Å². The normalized spacial score (nSPS) is 14.6. The lowest BCUT2D eigenvalue weighted by atomic mass is 9.93. The van der Waals surface area contributed by atoms with Gasteiger partial charge in [-0.05, 0) is 19.3 Å². The molecule has 0 radical (unpaired) electrons. The lowest BCUT2D eigenvalue weighted by Crippen LogP contribution is -2.52. The average Bonchev–Trinajstić information content (AvgIpc) is 2.99. The van der Waals surface area contributed by atoms with Crippen molar-refractivity contribution in [3.63, 3.8) is 0 Å². The van der Waals surface area contributed by atoms with Crippen LogP contribution in [0.5, 0.6) is 0 Å². The van der Waals surface area contributed by atoms with Crippen LogP contribution >= 0.6 is 0 Å². The summed E-state index contributed by atoms with van der Waals surface area (Å²) in [6.07, 6.45) is 29.6. The summed E-state index contributed by atoms with van der Waals surface area (Å²) < 4.78 is 0. The number of Topliss-reactive ketones (excluding diaryl/α,β-unsaturated/α-hetero) is 1. The second-order valence-electron chi connectivity index (χ2n) is 13.0. The molecule has 0 spiro atoms. The number of nitrogens with two attached hydrogens (primary N) is 1. The highest BCUT2D eigenvalue weighted by Crippen LogP contribution is 2.17. The molecule has 0 aliphatic rings. The fourth-order valence-electron chi connectivity index (χ4n) is 5.88.